The molecule has 4 heterocycles. The number of carbonyl (C=O) groups excluding carboxylic acids is 2. The van der Waals surface area contributed by atoms with Gasteiger partial charge < -0.3 is 20.1 Å². The van der Waals surface area contributed by atoms with Crippen LogP contribution in [0.4, 0.5) is 0 Å². The van der Waals surface area contributed by atoms with Crippen LogP contribution in [0.15, 0.2) is 120 Å². The summed E-state index contributed by atoms with van der Waals surface area (Å²) in [6.07, 6.45) is 7.46. The Kier molecular flexibility index (Phi) is 11.2. The van der Waals surface area contributed by atoms with E-state index in [2.05, 4.69) is 108 Å². The average molecular weight is 669 g/mol. The maximum atomic E-state index is 12.4. The highest BCUT2D eigenvalue weighted by molar-refractivity contribution is 5.97. The topological polar surface area (TPSA) is 76.7 Å². The van der Waals surface area contributed by atoms with Crippen molar-refractivity contribution in [3.05, 3.63) is 131 Å². The highest BCUT2D eigenvalue weighted by atomic mass is 16.5. The number of carbonyl (C=O) groups is 2. The predicted molar refractivity (Wildman–Crippen MR) is 198 cm³/mol. The zero-order valence-corrected chi connectivity index (χ0v) is 28.8. The van der Waals surface area contributed by atoms with Crippen molar-refractivity contribution in [2.24, 2.45) is 11.8 Å². The molecule has 0 aliphatic carbocycles. The van der Waals surface area contributed by atoms with Gasteiger partial charge in [-0.3, -0.25) is 9.59 Å². The molecule has 8 rings (SSSR count). The first kappa shape index (κ1) is 34.0. The van der Waals surface area contributed by atoms with Crippen molar-refractivity contribution in [3.63, 3.8) is 0 Å². The molecule has 258 valence electrons. The van der Waals surface area contributed by atoms with Gasteiger partial charge in [-0.05, 0) is 90.7 Å². The number of benzene rings is 4. The van der Waals surface area contributed by atoms with Crippen LogP contribution < -0.4 is 10.6 Å². The summed E-state index contributed by atoms with van der Waals surface area (Å²) in [4.78, 5) is 24.7. The van der Waals surface area contributed by atoms with E-state index in [9.17, 15) is 9.59 Å². The van der Waals surface area contributed by atoms with E-state index in [4.69, 9.17) is 9.47 Å². The van der Waals surface area contributed by atoms with Gasteiger partial charge in [-0.15, -0.1) is 0 Å². The Morgan fingerprint density at radius 3 is 1.62 bits per heavy atom. The van der Waals surface area contributed by atoms with Crippen molar-refractivity contribution in [1.82, 2.24) is 10.6 Å². The van der Waals surface area contributed by atoms with Crippen molar-refractivity contribution in [1.29, 1.82) is 0 Å². The molecule has 2 amide bonds. The zero-order valence-electron chi connectivity index (χ0n) is 28.8. The van der Waals surface area contributed by atoms with Gasteiger partial charge in [0.2, 0.25) is 11.8 Å². The molecule has 4 saturated heterocycles. The fourth-order valence-corrected chi connectivity index (χ4v) is 7.95. The SMILES string of the molecule is O=C1N[C@H](Cc2ccc(-c3ccccc3)cc2)CC1=C1CCOCC1.O=C1N[C@H](Cc2ccc(-c3ccccc3)cc2)CC1C1CCOCC1. The van der Waals surface area contributed by atoms with E-state index in [-0.39, 0.29) is 29.8 Å². The fourth-order valence-electron chi connectivity index (χ4n) is 7.95. The minimum absolute atomic E-state index is 0.128. The van der Waals surface area contributed by atoms with Gasteiger partial charge in [-0.2, -0.15) is 0 Å². The van der Waals surface area contributed by atoms with Crippen LogP contribution in [-0.4, -0.2) is 50.3 Å². The minimum atomic E-state index is 0.128. The van der Waals surface area contributed by atoms with Gasteiger partial charge in [0.05, 0.1) is 13.2 Å². The van der Waals surface area contributed by atoms with E-state index in [1.54, 1.807) is 0 Å². The van der Waals surface area contributed by atoms with Crippen LogP contribution in [0, 0.1) is 11.8 Å². The normalized spacial score (nSPS) is 22.4. The van der Waals surface area contributed by atoms with E-state index in [1.807, 2.05) is 12.1 Å². The molecular formula is C44H48N2O4. The summed E-state index contributed by atoms with van der Waals surface area (Å²) in [5.41, 5.74) is 9.79. The average Bonchev–Trinajstić information content (AvgIpc) is 3.74. The van der Waals surface area contributed by atoms with Crippen LogP contribution in [0.3, 0.4) is 0 Å². The lowest BCUT2D eigenvalue weighted by Crippen LogP contribution is -2.31. The Morgan fingerprint density at radius 2 is 1.06 bits per heavy atom. The quantitative estimate of drug-likeness (QED) is 0.198. The van der Waals surface area contributed by atoms with Crippen molar-refractivity contribution in [3.8, 4) is 22.3 Å². The third-order valence-corrected chi connectivity index (χ3v) is 10.7. The van der Waals surface area contributed by atoms with Gasteiger partial charge in [0.15, 0.2) is 0 Å². The second kappa shape index (κ2) is 16.5. The Balaban J connectivity index is 0.000000157. The van der Waals surface area contributed by atoms with Gasteiger partial charge in [0.25, 0.3) is 0 Å². The summed E-state index contributed by atoms with van der Waals surface area (Å²) in [7, 11) is 0. The van der Waals surface area contributed by atoms with Crippen LogP contribution >= 0.6 is 0 Å². The van der Waals surface area contributed by atoms with Crippen LogP contribution in [-0.2, 0) is 31.9 Å². The van der Waals surface area contributed by atoms with E-state index >= 15 is 0 Å². The zero-order chi connectivity index (χ0) is 34.1. The fraction of sp³-hybridized carbons (Fsp3) is 0.364. The van der Waals surface area contributed by atoms with Crippen LogP contribution in [0.1, 0.15) is 49.7 Å². The highest BCUT2D eigenvalue weighted by Gasteiger charge is 2.38. The molecule has 4 aromatic carbocycles. The maximum absolute atomic E-state index is 12.4. The number of hydrogen-bond donors (Lipinski definition) is 2. The number of ether oxygens (including phenoxy) is 2. The minimum Gasteiger partial charge on any atom is -0.381 e. The van der Waals surface area contributed by atoms with Gasteiger partial charge in [-0.25, -0.2) is 0 Å². The number of rotatable bonds is 7. The highest BCUT2D eigenvalue weighted by Crippen LogP contribution is 2.32. The molecule has 4 aromatic rings. The summed E-state index contributed by atoms with van der Waals surface area (Å²) < 4.78 is 10.8. The molecule has 4 aliphatic rings. The van der Waals surface area contributed by atoms with Gasteiger partial charge >= 0.3 is 0 Å². The van der Waals surface area contributed by atoms with Crippen LogP contribution in [0.5, 0.6) is 0 Å². The molecule has 3 atom stereocenters. The Labute approximate surface area is 296 Å². The maximum Gasteiger partial charge on any atom is 0.247 e. The molecule has 0 bridgehead atoms. The van der Waals surface area contributed by atoms with E-state index in [1.165, 1.54) is 39.0 Å². The van der Waals surface area contributed by atoms with E-state index in [0.717, 1.165) is 83.4 Å². The van der Waals surface area contributed by atoms with Crippen molar-refractivity contribution in [2.75, 3.05) is 26.4 Å². The third-order valence-electron chi connectivity index (χ3n) is 10.7. The molecule has 0 aromatic heterocycles. The molecule has 0 radical (unpaired) electrons. The number of amides is 2. The molecular weight excluding hydrogens is 620 g/mol. The number of hydrogen-bond acceptors (Lipinski definition) is 4. The van der Waals surface area contributed by atoms with Crippen LogP contribution in [0.25, 0.3) is 22.3 Å². The molecule has 0 saturated carbocycles. The molecule has 4 aliphatic heterocycles. The molecule has 50 heavy (non-hydrogen) atoms. The first-order valence-electron chi connectivity index (χ1n) is 18.4. The monoisotopic (exact) mass is 668 g/mol. The summed E-state index contributed by atoms with van der Waals surface area (Å²) >= 11 is 0. The van der Waals surface area contributed by atoms with E-state index in [0.29, 0.717) is 5.92 Å². The summed E-state index contributed by atoms with van der Waals surface area (Å²) in [5, 5.41) is 6.37. The van der Waals surface area contributed by atoms with E-state index < -0.39 is 0 Å². The molecule has 1 unspecified atom stereocenters. The van der Waals surface area contributed by atoms with Gasteiger partial charge in [0, 0.05) is 36.8 Å². The van der Waals surface area contributed by atoms with Crippen molar-refractivity contribution < 1.29 is 19.1 Å². The number of nitrogens with one attached hydrogen (secondary N) is 2. The van der Waals surface area contributed by atoms with Crippen LogP contribution in [0.2, 0.25) is 0 Å². The van der Waals surface area contributed by atoms with Gasteiger partial charge in [-0.1, -0.05) is 115 Å². The molecule has 2 N–H and O–H groups in total. The molecule has 0 spiro atoms. The largest absolute Gasteiger partial charge is 0.381 e. The Bertz CT molecular complexity index is 1740. The lowest BCUT2D eigenvalue weighted by Gasteiger charge is -2.25. The lowest BCUT2D eigenvalue weighted by atomic mass is 9.83. The third kappa shape index (κ3) is 8.61. The summed E-state index contributed by atoms with van der Waals surface area (Å²) in [5.74, 6) is 1.05. The summed E-state index contributed by atoms with van der Waals surface area (Å²) in [6, 6.07) is 38.7. The Morgan fingerprint density at radius 1 is 0.560 bits per heavy atom. The second-order valence-corrected chi connectivity index (χ2v) is 14.1. The first-order valence-corrected chi connectivity index (χ1v) is 18.4. The first-order chi connectivity index (χ1) is 24.6. The molecule has 4 fully saturated rings. The van der Waals surface area contributed by atoms with Gasteiger partial charge in [0.1, 0.15) is 0 Å². The summed E-state index contributed by atoms with van der Waals surface area (Å²) in [6.45, 7) is 3.11. The Hall–Kier alpha value is -4.52. The standard InChI is InChI=1S/C22H25NO2.C22H23NO2/c2*24-22-21(19-10-12-25-13-11-19)15-20(23-22)14-16-6-8-18(9-7-16)17-4-2-1-3-5-17/h1-9,19-21H,10-15H2,(H,23,24);1-9,20H,10-15H2,(H,23,24)/t20-,21?;20-/m11/s1. The lowest BCUT2D eigenvalue weighted by molar-refractivity contribution is -0.125. The molecule has 6 nitrogen and oxygen atoms in total. The predicted octanol–water partition coefficient (Wildman–Crippen LogP) is 7.72. The molecule has 6 heteroatoms. The second-order valence-electron chi connectivity index (χ2n) is 14.1. The van der Waals surface area contributed by atoms with Crippen molar-refractivity contribution in [2.45, 2.75) is 63.5 Å². The smallest absolute Gasteiger partial charge is 0.247 e. The van der Waals surface area contributed by atoms with Crippen molar-refractivity contribution >= 4 is 11.8 Å².